The Kier molecular flexibility index (Phi) is 4.95. The van der Waals surface area contributed by atoms with E-state index < -0.39 is 18.1 Å². The zero-order valence-corrected chi connectivity index (χ0v) is 11.2. The van der Waals surface area contributed by atoms with Gasteiger partial charge < -0.3 is 20.0 Å². The number of likely N-dealkylation sites (tertiary alicyclic amines) is 1. The van der Waals surface area contributed by atoms with E-state index in [1.54, 1.807) is 18.7 Å². The molecule has 1 heterocycles. The number of carboxylic acid groups (broad SMARTS) is 1. The predicted molar refractivity (Wildman–Crippen MR) is 66.2 cm³/mol. The van der Waals surface area contributed by atoms with Crippen LogP contribution in [0.3, 0.4) is 0 Å². The van der Waals surface area contributed by atoms with E-state index >= 15 is 0 Å². The molecule has 3 atom stereocenters. The van der Waals surface area contributed by atoms with Crippen molar-refractivity contribution in [1.29, 1.82) is 0 Å². The van der Waals surface area contributed by atoms with Crippen LogP contribution in [0.1, 0.15) is 26.7 Å². The first-order chi connectivity index (χ1) is 8.38. The number of amides is 2. The summed E-state index contributed by atoms with van der Waals surface area (Å²) >= 11 is 0. The monoisotopic (exact) mass is 258 g/mol. The van der Waals surface area contributed by atoms with Gasteiger partial charge in [-0.05, 0) is 19.8 Å². The molecule has 0 aromatic rings. The fraction of sp³-hybridized carbons (Fsp3) is 0.833. The summed E-state index contributed by atoms with van der Waals surface area (Å²) in [5.74, 6) is -0.896. The average Bonchev–Trinajstić information content (AvgIpc) is 2.77. The van der Waals surface area contributed by atoms with E-state index in [4.69, 9.17) is 5.11 Å². The Morgan fingerprint density at radius 3 is 2.50 bits per heavy atom. The maximum absolute atomic E-state index is 12.1. The number of hydrogen-bond acceptors (Lipinski definition) is 3. The second kappa shape index (κ2) is 6.04. The fourth-order valence-corrected chi connectivity index (χ4v) is 2.33. The van der Waals surface area contributed by atoms with Crippen LogP contribution in [0.25, 0.3) is 0 Å². The van der Waals surface area contributed by atoms with Crippen molar-refractivity contribution in [2.24, 2.45) is 5.92 Å². The van der Waals surface area contributed by atoms with Gasteiger partial charge in [0.1, 0.15) is 6.04 Å². The van der Waals surface area contributed by atoms with Crippen molar-refractivity contribution in [3.63, 3.8) is 0 Å². The van der Waals surface area contributed by atoms with Gasteiger partial charge in [0.15, 0.2) is 0 Å². The largest absolute Gasteiger partial charge is 0.480 e. The molecule has 0 aromatic heterocycles. The number of aliphatic hydroxyl groups is 1. The summed E-state index contributed by atoms with van der Waals surface area (Å²) in [6.45, 7) is 4.53. The lowest BCUT2D eigenvalue weighted by atomic mass is 10.0. The first-order valence-corrected chi connectivity index (χ1v) is 6.31. The molecule has 1 aliphatic heterocycles. The Balaban J connectivity index is 2.62. The molecular weight excluding hydrogens is 236 g/mol. The molecule has 0 aliphatic carbocycles. The summed E-state index contributed by atoms with van der Waals surface area (Å²) in [6, 6.07) is -1.06. The predicted octanol–water partition coefficient (Wildman–Crippen LogP) is 0.604. The van der Waals surface area contributed by atoms with Crippen LogP contribution in [-0.4, -0.2) is 64.3 Å². The minimum absolute atomic E-state index is 0.0901. The van der Waals surface area contributed by atoms with Gasteiger partial charge in [-0.25, -0.2) is 9.59 Å². The van der Waals surface area contributed by atoms with Gasteiger partial charge in [-0.15, -0.1) is 0 Å². The van der Waals surface area contributed by atoms with E-state index in [1.807, 2.05) is 0 Å². The second-order valence-corrected chi connectivity index (χ2v) is 4.89. The Morgan fingerprint density at radius 2 is 2.11 bits per heavy atom. The molecule has 6 nitrogen and oxygen atoms in total. The molecule has 2 N–H and O–H groups in total. The SMILES string of the molecule is CCC(C(=O)O)N(C)C(=O)N1CCC(C(C)O)C1. The zero-order valence-electron chi connectivity index (χ0n) is 11.2. The van der Waals surface area contributed by atoms with Crippen LogP contribution < -0.4 is 0 Å². The summed E-state index contributed by atoms with van der Waals surface area (Å²) in [6.07, 6.45) is 0.710. The smallest absolute Gasteiger partial charge is 0.326 e. The number of nitrogens with zero attached hydrogens (tertiary/aromatic N) is 2. The minimum atomic E-state index is -0.986. The highest BCUT2D eigenvalue weighted by Gasteiger charge is 2.33. The molecule has 0 spiro atoms. The lowest BCUT2D eigenvalue weighted by Gasteiger charge is -2.29. The van der Waals surface area contributed by atoms with E-state index in [0.29, 0.717) is 19.5 Å². The van der Waals surface area contributed by atoms with Gasteiger partial charge in [-0.2, -0.15) is 0 Å². The molecule has 1 saturated heterocycles. The molecule has 0 radical (unpaired) electrons. The Labute approximate surface area is 107 Å². The quantitative estimate of drug-likeness (QED) is 0.774. The van der Waals surface area contributed by atoms with E-state index in [1.165, 1.54) is 11.9 Å². The lowest BCUT2D eigenvalue weighted by molar-refractivity contribution is -0.142. The third-order valence-corrected chi connectivity index (χ3v) is 3.62. The number of urea groups is 1. The standard InChI is InChI=1S/C12H22N2O4/c1-4-10(11(16)17)13(3)12(18)14-6-5-9(7-14)8(2)15/h8-10,15H,4-7H2,1-3H3,(H,16,17). The van der Waals surface area contributed by atoms with Gasteiger partial charge in [0.25, 0.3) is 0 Å². The zero-order chi connectivity index (χ0) is 13.9. The van der Waals surface area contributed by atoms with Crippen LogP contribution in [-0.2, 0) is 4.79 Å². The van der Waals surface area contributed by atoms with Gasteiger partial charge >= 0.3 is 12.0 Å². The number of aliphatic hydroxyl groups excluding tert-OH is 1. The number of carboxylic acids is 1. The fourth-order valence-electron chi connectivity index (χ4n) is 2.33. The highest BCUT2D eigenvalue weighted by atomic mass is 16.4. The Bertz CT molecular complexity index is 319. The number of carbonyl (C=O) groups is 2. The van der Waals surface area contributed by atoms with Gasteiger partial charge in [0.05, 0.1) is 6.10 Å². The van der Waals surface area contributed by atoms with E-state index in [-0.39, 0.29) is 11.9 Å². The van der Waals surface area contributed by atoms with E-state index in [9.17, 15) is 14.7 Å². The van der Waals surface area contributed by atoms with Crippen molar-refractivity contribution >= 4 is 12.0 Å². The molecule has 1 aliphatic rings. The molecule has 0 bridgehead atoms. The van der Waals surface area contributed by atoms with Crippen molar-refractivity contribution in [3.8, 4) is 0 Å². The van der Waals surface area contributed by atoms with Crippen molar-refractivity contribution in [2.45, 2.75) is 38.8 Å². The van der Waals surface area contributed by atoms with Crippen molar-refractivity contribution in [1.82, 2.24) is 9.80 Å². The van der Waals surface area contributed by atoms with Crippen molar-refractivity contribution in [3.05, 3.63) is 0 Å². The van der Waals surface area contributed by atoms with Gasteiger partial charge in [-0.1, -0.05) is 6.92 Å². The minimum Gasteiger partial charge on any atom is -0.480 e. The maximum Gasteiger partial charge on any atom is 0.326 e. The average molecular weight is 258 g/mol. The van der Waals surface area contributed by atoms with Crippen LogP contribution in [0.5, 0.6) is 0 Å². The number of rotatable bonds is 4. The molecule has 3 unspecified atom stereocenters. The first-order valence-electron chi connectivity index (χ1n) is 6.31. The molecule has 6 heteroatoms. The van der Waals surface area contributed by atoms with Gasteiger partial charge in [-0.3, -0.25) is 0 Å². The van der Waals surface area contributed by atoms with E-state index in [0.717, 1.165) is 6.42 Å². The molecular formula is C12H22N2O4. The summed E-state index contributed by atoms with van der Waals surface area (Å²) in [5.41, 5.74) is 0. The summed E-state index contributed by atoms with van der Waals surface area (Å²) < 4.78 is 0. The molecule has 1 rings (SSSR count). The number of hydrogen-bond donors (Lipinski definition) is 2. The van der Waals surface area contributed by atoms with E-state index in [2.05, 4.69) is 0 Å². The highest BCUT2D eigenvalue weighted by molar-refractivity contribution is 5.82. The molecule has 18 heavy (non-hydrogen) atoms. The lowest BCUT2D eigenvalue weighted by Crippen LogP contribution is -2.48. The number of carbonyl (C=O) groups excluding carboxylic acids is 1. The van der Waals surface area contributed by atoms with Crippen LogP contribution in [0, 0.1) is 5.92 Å². The summed E-state index contributed by atoms with van der Waals surface area (Å²) in [5, 5.41) is 18.5. The highest BCUT2D eigenvalue weighted by Crippen LogP contribution is 2.21. The third-order valence-electron chi connectivity index (χ3n) is 3.62. The molecule has 0 aromatic carbocycles. The molecule has 0 saturated carbocycles. The van der Waals surface area contributed by atoms with Crippen LogP contribution in [0.15, 0.2) is 0 Å². The third kappa shape index (κ3) is 3.13. The topological polar surface area (TPSA) is 81.1 Å². The molecule has 1 fully saturated rings. The first kappa shape index (κ1) is 14.8. The van der Waals surface area contributed by atoms with Crippen LogP contribution >= 0.6 is 0 Å². The summed E-state index contributed by atoms with van der Waals surface area (Å²) in [4.78, 5) is 26.0. The molecule has 2 amide bonds. The Hall–Kier alpha value is -1.30. The number of aliphatic carboxylic acids is 1. The normalized spacial score (nSPS) is 22.7. The van der Waals surface area contributed by atoms with Gasteiger partial charge in [0.2, 0.25) is 0 Å². The number of likely N-dealkylation sites (N-methyl/N-ethyl adjacent to an activating group) is 1. The Morgan fingerprint density at radius 1 is 1.50 bits per heavy atom. The van der Waals surface area contributed by atoms with Crippen LogP contribution in [0.4, 0.5) is 4.79 Å². The van der Waals surface area contributed by atoms with Crippen LogP contribution in [0.2, 0.25) is 0 Å². The van der Waals surface area contributed by atoms with Gasteiger partial charge in [0, 0.05) is 26.1 Å². The molecule has 104 valence electrons. The van der Waals surface area contributed by atoms with Crippen molar-refractivity contribution in [2.75, 3.05) is 20.1 Å². The summed E-state index contributed by atoms with van der Waals surface area (Å²) in [7, 11) is 1.51. The maximum atomic E-state index is 12.1. The van der Waals surface area contributed by atoms with Crippen molar-refractivity contribution < 1.29 is 19.8 Å². The second-order valence-electron chi connectivity index (χ2n) is 4.89.